The third-order valence-corrected chi connectivity index (χ3v) is 2.57. The van der Waals surface area contributed by atoms with E-state index in [2.05, 4.69) is 6.92 Å². The van der Waals surface area contributed by atoms with Crippen molar-refractivity contribution in [1.82, 2.24) is 0 Å². The molecular weight excluding hydrogens is 168 g/mol. The van der Waals surface area contributed by atoms with Crippen molar-refractivity contribution in [2.45, 2.75) is 51.4 Å². The number of hydrogen-bond donors (Lipinski definition) is 1. The lowest BCUT2D eigenvalue weighted by Gasteiger charge is -2.20. The molecule has 2 atom stereocenters. The number of hydrogen-bond acceptors (Lipinski definition) is 3. The molecule has 1 rings (SSSR count). The highest BCUT2D eigenvalue weighted by Gasteiger charge is 2.34. The van der Waals surface area contributed by atoms with Crippen LogP contribution in [0.4, 0.5) is 0 Å². The Bertz CT molecular complexity index is 149. The zero-order valence-electron chi connectivity index (χ0n) is 8.58. The monoisotopic (exact) mass is 188 g/mol. The van der Waals surface area contributed by atoms with Crippen LogP contribution in [0.5, 0.6) is 0 Å². The fraction of sp³-hybridized carbons (Fsp3) is 1.00. The van der Waals surface area contributed by atoms with E-state index in [-0.39, 0.29) is 18.5 Å². The van der Waals surface area contributed by atoms with E-state index in [0.717, 1.165) is 25.7 Å². The van der Waals surface area contributed by atoms with Gasteiger partial charge >= 0.3 is 0 Å². The van der Waals surface area contributed by atoms with E-state index in [1.165, 1.54) is 0 Å². The molecule has 0 amide bonds. The van der Waals surface area contributed by atoms with Crippen LogP contribution in [0.1, 0.15) is 39.5 Å². The van der Waals surface area contributed by atoms with Crippen molar-refractivity contribution in [3.63, 3.8) is 0 Å². The normalized spacial score (nSPS) is 33.9. The maximum Gasteiger partial charge on any atom is 0.165 e. The maximum absolute atomic E-state index is 8.62. The van der Waals surface area contributed by atoms with Gasteiger partial charge in [0.1, 0.15) is 0 Å². The largest absolute Gasteiger partial charge is 0.396 e. The molecule has 0 saturated carbocycles. The first-order valence-electron chi connectivity index (χ1n) is 5.13. The number of rotatable bonds is 5. The van der Waals surface area contributed by atoms with Crippen molar-refractivity contribution >= 4 is 0 Å². The molecule has 1 fully saturated rings. The molecule has 0 aliphatic carbocycles. The molecule has 0 aromatic rings. The van der Waals surface area contributed by atoms with Crippen molar-refractivity contribution in [2.75, 3.05) is 13.2 Å². The summed E-state index contributed by atoms with van der Waals surface area (Å²) in [5.41, 5.74) is 0. The van der Waals surface area contributed by atoms with Gasteiger partial charge in [-0.15, -0.1) is 0 Å². The molecule has 1 aliphatic heterocycles. The van der Waals surface area contributed by atoms with Crippen LogP contribution < -0.4 is 0 Å². The summed E-state index contributed by atoms with van der Waals surface area (Å²) in [5, 5.41) is 8.62. The molecule has 3 heteroatoms. The van der Waals surface area contributed by atoms with Crippen LogP contribution in [0.15, 0.2) is 0 Å². The highest BCUT2D eigenvalue weighted by Crippen LogP contribution is 2.28. The molecule has 0 aromatic heterocycles. The highest BCUT2D eigenvalue weighted by atomic mass is 16.7. The Morgan fingerprint density at radius 2 is 2.23 bits per heavy atom. The van der Waals surface area contributed by atoms with E-state index < -0.39 is 0 Å². The average molecular weight is 188 g/mol. The van der Waals surface area contributed by atoms with Gasteiger partial charge in [-0.2, -0.15) is 0 Å². The van der Waals surface area contributed by atoms with Gasteiger partial charge in [0, 0.05) is 6.61 Å². The second kappa shape index (κ2) is 4.94. The number of ether oxygens (including phenoxy) is 2. The summed E-state index contributed by atoms with van der Waals surface area (Å²) in [7, 11) is 0. The molecule has 0 radical (unpaired) electrons. The standard InChI is InChI=1S/C10H20O3/c1-3-10(2)12-8-9(13-10)6-4-5-7-11/h9,11H,3-8H2,1-2H3/t9-,10+/m1/s1. The van der Waals surface area contributed by atoms with E-state index in [1.807, 2.05) is 6.92 Å². The molecule has 0 aromatic carbocycles. The minimum Gasteiger partial charge on any atom is -0.396 e. The minimum atomic E-state index is -0.357. The Balaban J connectivity index is 2.17. The quantitative estimate of drug-likeness (QED) is 0.667. The second-order valence-electron chi connectivity index (χ2n) is 3.76. The summed E-state index contributed by atoms with van der Waals surface area (Å²) >= 11 is 0. The fourth-order valence-corrected chi connectivity index (χ4v) is 1.50. The van der Waals surface area contributed by atoms with Crippen LogP contribution in [0.25, 0.3) is 0 Å². The summed E-state index contributed by atoms with van der Waals surface area (Å²) < 4.78 is 11.3. The van der Waals surface area contributed by atoms with Crippen LogP contribution in [-0.2, 0) is 9.47 Å². The summed E-state index contributed by atoms with van der Waals surface area (Å²) in [6.45, 7) is 5.03. The van der Waals surface area contributed by atoms with E-state index in [0.29, 0.717) is 6.61 Å². The third-order valence-electron chi connectivity index (χ3n) is 2.57. The summed E-state index contributed by atoms with van der Waals surface area (Å²) in [6.07, 6.45) is 4.00. The lowest BCUT2D eigenvalue weighted by Crippen LogP contribution is -2.25. The minimum absolute atomic E-state index is 0.233. The van der Waals surface area contributed by atoms with Crippen molar-refractivity contribution in [3.05, 3.63) is 0 Å². The molecule has 1 N–H and O–H groups in total. The van der Waals surface area contributed by atoms with Crippen molar-refractivity contribution in [2.24, 2.45) is 0 Å². The first kappa shape index (κ1) is 11.0. The molecular formula is C10H20O3. The van der Waals surface area contributed by atoms with Gasteiger partial charge in [-0.3, -0.25) is 0 Å². The van der Waals surface area contributed by atoms with Gasteiger partial charge in [0.2, 0.25) is 0 Å². The van der Waals surface area contributed by atoms with Crippen LogP contribution >= 0.6 is 0 Å². The van der Waals surface area contributed by atoms with Crippen LogP contribution in [0, 0.1) is 0 Å². The zero-order chi connectivity index (χ0) is 9.73. The molecule has 1 aliphatic rings. The Labute approximate surface area is 80.0 Å². The first-order chi connectivity index (χ1) is 6.20. The predicted octanol–water partition coefficient (Wildman–Crippen LogP) is 1.69. The topological polar surface area (TPSA) is 38.7 Å². The molecule has 13 heavy (non-hydrogen) atoms. The van der Waals surface area contributed by atoms with Gasteiger partial charge in [-0.25, -0.2) is 0 Å². The van der Waals surface area contributed by atoms with Gasteiger partial charge in [0.25, 0.3) is 0 Å². The Morgan fingerprint density at radius 3 is 2.77 bits per heavy atom. The molecule has 0 spiro atoms. The maximum atomic E-state index is 8.62. The Hall–Kier alpha value is -0.120. The molecule has 78 valence electrons. The smallest absolute Gasteiger partial charge is 0.165 e. The molecule has 3 nitrogen and oxygen atoms in total. The molecule has 0 unspecified atom stereocenters. The SMILES string of the molecule is CC[C@@]1(C)OC[C@@H](CCCCO)O1. The summed E-state index contributed by atoms with van der Waals surface area (Å²) in [4.78, 5) is 0. The fourth-order valence-electron chi connectivity index (χ4n) is 1.50. The summed E-state index contributed by atoms with van der Waals surface area (Å²) in [5.74, 6) is -0.357. The first-order valence-corrected chi connectivity index (χ1v) is 5.13. The Morgan fingerprint density at radius 1 is 1.46 bits per heavy atom. The number of aliphatic hydroxyl groups is 1. The molecule has 0 bridgehead atoms. The highest BCUT2D eigenvalue weighted by molar-refractivity contribution is 4.73. The zero-order valence-corrected chi connectivity index (χ0v) is 8.58. The number of unbranched alkanes of at least 4 members (excludes halogenated alkanes) is 1. The van der Waals surface area contributed by atoms with Crippen LogP contribution in [0.2, 0.25) is 0 Å². The Kier molecular flexibility index (Phi) is 4.16. The van der Waals surface area contributed by atoms with E-state index >= 15 is 0 Å². The van der Waals surface area contributed by atoms with Gasteiger partial charge in [-0.05, 0) is 32.6 Å². The predicted molar refractivity (Wildman–Crippen MR) is 50.5 cm³/mol. The van der Waals surface area contributed by atoms with Gasteiger partial charge in [0.15, 0.2) is 5.79 Å². The molecule has 1 heterocycles. The van der Waals surface area contributed by atoms with E-state index in [9.17, 15) is 0 Å². The lowest BCUT2D eigenvalue weighted by molar-refractivity contribution is -0.155. The van der Waals surface area contributed by atoms with Gasteiger partial charge in [0.05, 0.1) is 12.7 Å². The van der Waals surface area contributed by atoms with Crippen LogP contribution in [-0.4, -0.2) is 30.2 Å². The van der Waals surface area contributed by atoms with E-state index in [1.54, 1.807) is 0 Å². The number of aliphatic hydroxyl groups excluding tert-OH is 1. The van der Waals surface area contributed by atoms with Crippen molar-refractivity contribution in [1.29, 1.82) is 0 Å². The second-order valence-corrected chi connectivity index (χ2v) is 3.76. The summed E-state index contributed by atoms with van der Waals surface area (Å²) in [6, 6.07) is 0. The van der Waals surface area contributed by atoms with Gasteiger partial charge in [-0.1, -0.05) is 6.92 Å². The molecule has 1 saturated heterocycles. The lowest BCUT2D eigenvalue weighted by atomic mass is 10.2. The van der Waals surface area contributed by atoms with Crippen molar-refractivity contribution < 1.29 is 14.6 Å². The van der Waals surface area contributed by atoms with E-state index in [4.69, 9.17) is 14.6 Å². The third kappa shape index (κ3) is 3.25. The van der Waals surface area contributed by atoms with Crippen molar-refractivity contribution in [3.8, 4) is 0 Å². The van der Waals surface area contributed by atoms with Crippen LogP contribution in [0.3, 0.4) is 0 Å². The van der Waals surface area contributed by atoms with Gasteiger partial charge < -0.3 is 14.6 Å². The average Bonchev–Trinajstić information content (AvgIpc) is 2.50.